The summed E-state index contributed by atoms with van der Waals surface area (Å²) >= 11 is 1.45. The highest BCUT2D eigenvalue weighted by atomic mass is 32.2. The summed E-state index contributed by atoms with van der Waals surface area (Å²) in [6.07, 6.45) is 2.58. The SMILES string of the molecule is CSc1cc(C(C)(C)C)cc(C=O)c1O. The number of phenolic OH excluding ortho intramolecular Hbond substituents is 1. The number of phenols is 1. The van der Waals surface area contributed by atoms with Crippen molar-refractivity contribution in [2.45, 2.75) is 31.1 Å². The smallest absolute Gasteiger partial charge is 0.153 e. The van der Waals surface area contributed by atoms with Crippen molar-refractivity contribution in [2.24, 2.45) is 0 Å². The number of aldehydes is 1. The third kappa shape index (κ3) is 2.53. The molecule has 1 N–H and O–H groups in total. The molecule has 0 aliphatic carbocycles. The van der Waals surface area contributed by atoms with Crippen molar-refractivity contribution in [3.63, 3.8) is 0 Å². The number of benzene rings is 1. The Balaban J connectivity index is 3.40. The Kier molecular flexibility index (Phi) is 3.45. The van der Waals surface area contributed by atoms with Gasteiger partial charge in [0.1, 0.15) is 5.75 Å². The molecule has 0 amide bonds. The predicted octanol–water partition coefficient (Wildman–Crippen LogP) is 3.22. The van der Waals surface area contributed by atoms with E-state index in [0.29, 0.717) is 11.8 Å². The molecule has 3 heteroatoms. The van der Waals surface area contributed by atoms with Crippen LogP contribution in [0.4, 0.5) is 0 Å². The summed E-state index contributed by atoms with van der Waals surface area (Å²) < 4.78 is 0. The summed E-state index contributed by atoms with van der Waals surface area (Å²) in [6.45, 7) is 6.24. The van der Waals surface area contributed by atoms with E-state index in [9.17, 15) is 9.90 Å². The quantitative estimate of drug-likeness (QED) is 0.619. The summed E-state index contributed by atoms with van der Waals surface area (Å²) in [5.74, 6) is 0.0884. The van der Waals surface area contributed by atoms with Crippen LogP contribution in [0.2, 0.25) is 0 Å². The normalized spacial score (nSPS) is 11.5. The van der Waals surface area contributed by atoms with Crippen molar-refractivity contribution in [3.8, 4) is 5.75 Å². The van der Waals surface area contributed by atoms with E-state index in [1.54, 1.807) is 6.07 Å². The lowest BCUT2D eigenvalue weighted by molar-refractivity contribution is 0.112. The van der Waals surface area contributed by atoms with Crippen molar-refractivity contribution in [1.82, 2.24) is 0 Å². The second-order valence-electron chi connectivity index (χ2n) is 4.48. The van der Waals surface area contributed by atoms with Crippen molar-refractivity contribution < 1.29 is 9.90 Å². The van der Waals surface area contributed by atoms with Crippen LogP contribution in [-0.2, 0) is 5.41 Å². The van der Waals surface area contributed by atoms with Gasteiger partial charge >= 0.3 is 0 Å². The molecule has 0 bridgehead atoms. The molecule has 0 fully saturated rings. The molecule has 0 aromatic heterocycles. The Labute approximate surface area is 94.7 Å². The van der Waals surface area contributed by atoms with Gasteiger partial charge in [-0.25, -0.2) is 0 Å². The van der Waals surface area contributed by atoms with Crippen LogP contribution in [0.3, 0.4) is 0 Å². The van der Waals surface area contributed by atoms with Gasteiger partial charge in [0.15, 0.2) is 6.29 Å². The van der Waals surface area contributed by atoms with Crippen LogP contribution in [0.25, 0.3) is 0 Å². The fourth-order valence-corrected chi connectivity index (χ4v) is 1.86. The lowest BCUT2D eigenvalue weighted by Crippen LogP contribution is -2.11. The van der Waals surface area contributed by atoms with Crippen molar-refractivity contribution in [1.29, 1.82) is 0 Å². The molecule has 82 valence electrons. The van der Waals surface area contributed by atoms with Crippen LogP contribution in [0.15, 0.2) is 17.0 Å². The minimum atomic E-state index is -0.0179. The lowest BCUT2D eigenvalue weighted by Gasteiger charge is -2.20. The number of carbonyl (C=O) groups is 1. The van der Waals surface area contributed by atoms with Gasteiger partial charge in [-0.2, -0.15) is 0 Å². The summed E-state index contributed by atoms with van der Waals surface area (Å²) in [7, 11) is 0. The molecular weight excluding hydrogens is 208 g/mol. The van der Waals surface area contributed by atoms with Crippen LogP contribution < -0.4 is 0 Å². The molecule has 0 aliphatic rings. The molecule has 15 heavy (non-hydrogen) atoms. The molecule has 1 aromatic rings. The van der Waals surface area contributed by atoms with E-state index < -0.39 is 0 Å². The zero-order valence-electron chi connectivity index (χ0n) is 9.50. The topological polar surface area (TPSA) is 37.3 Å². The first-order chi connectivity index (χ1) is 6.90. The van der Waals surface area contributed by atoms with E-state index in [4.69, 9.17) is 0 Å². The zero-order valence-corrected chi connectivity index (χ0v) is 10.3. The number of carbonyl (C=O) groups excluding carboxylic acids is 1. The summed E-state index contributed by atoms with van der Waals surface area (Å²) in [5, 5.41) is 9.73. The second-order valence-corrected chi connectivity index (χ2v) is 5.33. The first-order valence-electron chi connectivity index (χ1n) is 4.77. The molecule has 1 aromatic carbocycles. The molecular formula is C12H16O2S. The highest BCUT2D eigenvalue weighted by Gasteiger charge is 2.18. The van der Waals surface area contributed by atoms with Crippen LogP contribution in [0, 0.1) is 0 Å². The van der Waals surface area contributed by atoms with Gasteiger partial charge < -0.3 is 5.11 Å². The zero-order chi connectivity index (χ0) is 11.6. The third-order valence-electron chi connectivity index (χ3n) is 2.32. The molecule has 2 nitrogen and oxygen atoms in total. The minimum absolute atomic E-state index is 0.0179. The van der Waals surface area contributed by atoms with Crippen LogP contribution in [0.1, 0.15) is 36.7 Å². The maximum atomic E-state index is 10.8. The van der Waals surface area contributed by atoms with Gasteiger partial charge in [0.25, 0.3) is 0 Å². The number of rotatable bonds is 2. The number of thioether (sulfide) groups is 1. The van der Waals surface area contributed by atoms with E-state index >= 15 is 0 Å². The molecule has 0 spiro atoms. The maximum absolute atomic E-state index is 10.8. The second kappa shape index (κ2) is 4.27. The van der Waals surface area contributed by atoms with E-state index in [1.165, 1.54) is 11.8 Å². The van der Waals surface area contributed by atoms with E-state index in [1.807, 2.05) is 12.3 Å². The average molecular weight is 224 g/mol. The van der Waals surface area contributed by atoms with Gasteiger partial charge in [-0.3, -0.25) is 4.79 Å². The van der Waals surface area contributed by atoms with Crippen LogP contribution in [0.5, 0.6) is 5.75 Å². The number of aromatic hydroxyl groups is 1. The highest BCUT2D eigenvalue weighted by molar-refractivity contribution is 7.98. The maximum Gasteiger partial charge on any atom is 0.153 e. The third-order valence-corrected chi connectivity index (χ3v) is 3.07. The summed E-state index contributed by atoms with van der Waals surface area (Å²) in [4.78, 5) is 11.6. The highest BCUT2D eigenvalue weighted by Crippen LogP contribution is 2.34. The first-order valence-corrected chi connectivity index (χ1v) is 5.99. The van der Waals surface area contributed by atoms with E-state index in [0.717, 1.165) is 10.5 Å². The number of hydrogen-bond donors (Lipinski definition) is 1. The van der Waals surface area contributed by atoms with Gasteiger partial charge in [0.05, 0.1) is 5.56 Å². The fraction of sp³-hybridized carbons (Fsp3) is 0.417. The fourth-order valence-electron chi connectivity index (χ4n) is 1.31. The van der Waals surface area contributed by atoms with E-state index in [-0.39, 0.29) is 11.2 Å². The molecule has 0 saturated heterocycles. The standard InChI is InChI=1S/C12H16O2S/c1-12(2,3)9-5-8(7-13)11(14)10(6-9)15-4/h5-7,14H,1-4H3. The average Bonchev–Trinajstić information content (AvgIpc) is 2.16. The monoisotopic (exact) mass is 224 g/mol. The van der Waals surface area contributed by atoms with Gasteiger partial charge in [-0.15, -0.1) is 11.8 Å². The molecule has 0 heterocycles. The number of hydrogen-bond acceptors (Lipinski definition) is 3. The van der Waals surface area contributed by atoms with Crippen molar-refractivity contribution >= 4 is 18.0 Å². The van der Waals surface area contributed by atoms with Crippen LogP contribution in [-0.4, -0.2) is 17.6 Å². The van der Waals surface area contributed by atoms with Crippen LogP contribution >= 0.6 is 11.8 Å². The van der Waals surface area contributed by atoms with Gasteiger partial charge in [0.2, 0.25) is 0 Å². The Morgan fingerprint density at radius 2 is 1.93 bits per heavy atom. The first kappa shape index (κ1) is 12.1. The Bertz CT molecular complexity index is 378. The largest absolute Gasteiger partial charge is 0.506 e. The minimum Gasteiger partial charge on any atom is -0.506 e. The van der Waals surface area contributed by atoms with Crippen molar-refractivity contribution in [2.75, 3.05) is 6.26 Å². The molecule has 0 aliphatic heterocycles. The Morgan fingerprint density at radius 3 is 2.33 bits per heavy atom. The Hall–Kier alpha value is -0.960. The van der Waals surface area contributed by atoms with Crippen molar-refractivity contribution in [3.05, 3.63) is 23.3 Å². The molecule has 0 unspecified atom stereocenters. The van der Waals surface area contributed by atoms with Gasteiger partial charge in [0, 0.05) is 4.90 Å². The van der Waals surface area contributed by atoms with Gasteiger partial charge in [-0.05, 0) is 29.4 Å². The van der Waals surface area contributed by atoms with Gasteiger partial charge in [-0.1, -0.05) is 20.8 Å². The molecule has 0 saturated carbocycles. The van der Waals surface area contributed by atoms with E-state index in [2.05, 4.69) is 20.8 Å². The summed E-state index contributed by atoms with van der Waals surface area (Å²) in [6, 6.07) is 3.69. The molecule has 0 atom stereocenters. The Morgan fingerprint density at radius 1 is 1.33 bits per heavy atom. The lowest BCUT2D eigenvalue weighted by atomic mass is 9.86. The molecule has 1 rings (SSSR count). The molecule has 0 radical (unpaired) electrons. The predicted molar refractivity (Wildman–Crippen MR) is 64.0 cm³/mol. The summed E-state index contributed by atoms with van der Waals surface area (Å²) in [5.41, 5.74) is 1.41.